The Hall–Kier alpha value is -3.56. The van der Waals surface area contributed by atoms with E-state index in [4.69, 9.17) is 4.52 Å². The molecule has 0 saturated carbocycles. The van der Waals surface area contributed by atoms with Crippen molar-refractivity contribution in [2.45, 2.75) is 13.5 Å². The summed E-state index contributed by atoms with van der Waals surface area (Å²) in [6, 6.07) is 5.24. The van der Waals surface area contributed by atoms with Crippen molar-refractivity contribution in [3.63, 3.8) is 0 Å². The number of rotatable bonds is 6. The van der Waals surface area contributed by atoms with Gasteiger partial charge in [0.1, 0.15) is 12.1 Å². The fourth-order valence-corrected chi connectivity index (χ4v) is 2.01. The van der Waals surface area contributed by atoms with Gasteiger partial charge in [-0.1, -0.05) is 11.2 Å². The predicted molar refractivity (Wildman–Crippen MR) is 84.8 cm³/mol. The zero-order chi connectivity index (χ0) is 16.9. The minimum Gasteiger partial charge on any atom is -0.360 e. The molecule has 0 aliphatic carbocycles. The van der Waals surface area contributed by atoms with Gasteiger partial charge in [-0.25, -0.2) is 9.97 Å². The average Bonchev–Trinajstić information content (AvgIpc) is 2.98. The van der Waals surface area contributed by atoms with Crippen LogP contribution in [0.15, 0.2) is 41.4 Å². The zero-order valence-electron chi connectivity index (χ0n) is 12.6. The van der Waals surface area contributed by atoms with E-state index < -0.39 is 4.92 Å². The molecular formula is C14H13N7O3. The first-order valence-corrected chi connectivity index (χ1v) is 6.96. The molecule has 0 fully saturated rings. The van der Waals surface area contributed by atoms with E-state index in [1.165, 1.54) is 6.33 Å². The molecule has 0 aliphatic rings. The lowest BCUT2D eigenvalue weighted by Crippen LogP contribution is -2.08. The zero-order valence-corrected chi connectivity index (χ0v) is 12.6. The number of nitrogens with one attached hydrogen (secondary N) is 2. The summed E-state index contributed by atoms with van der Waals surface area (Å²) in [5, 5.41) is 20.9. The van der Waals surface area contributed by atoms with E-state index in [0.717, 1.165) is 5.56 Å². The summed E-state index contributed by atoms with van der Waals surface area (Å²) >= 11 is 0. The van der Waals surface area contributed by atoms with Crippen LogP contribution in [0.1, 0.15) is 11.3 Å². The molecule has 3 rings (SSSR count). The van der Waals surface area contributed by atoms with Crippen LogP contribution < -0.4 is 10.6 Å². The van der Waals surface area contributed by atoms with Crippen LogP contribution in [-0.4, -0.2) is 25.0 Å². The smallest absolute Gasteiger partial charge is 0.353 e. The molecule has 122 valence electrons. The van der Waals surface area contributed by atoms with Gasteiger partial charge in [0.2, 0.25) is 11.6 Å². The van der Waals surface area contributed by atoms with E-state index in [-0.39, 0.29) is 17.3 Å². The lowest BCUT2D eigenvalue weighted by Gasteiger charge is -2.08. The number of nitro groups is 1. The molecule has 3 heterocycles. The number of aryl methyl sites for hydroxylation is 1. The molecule has 0 radical (unpaired) electrons. The highest BCUT2D eigenvalue weighted by molar-refractivity contribution is 5.72. The van der Waals surface area contributed by atoms with Gasteiger partial charge in [-0.3, -0.25) is 15.1 Å². The molecule has 10 heteroatoms. The monoisotopic (exact) mass is 327 g/mol. The fraction of sp³-hybridized carbons (Fsp3) is 0.143. The SMILES string of the molecule is Cc1cc(Nc2ncnc(NCc3cccnc3)c2[N+](=O)[O-])no1. The predicted octanol–water partition coefficient (Wildman–Crippen LogP) is 2.43. The van der Waals surface area contributed by atoms with Crippen LogP contribution in [0.5, 0.6) is 0 Å². The molecule has 3 aromatic rings. The van der Waals surface area contributed by atoms with E-state index in [1.54, 1.807) is 31.5 Å². The van der Waals surface area contributed by atoms with Gasteiger partial charge in [0.25, 0.3) is 0 Å². The van der Waals surface area contributed by atoms with Crippen LogP contribution in [0.25, 0.3) is 0 Å². The third kappa shape index (κ3) is 3.43. The van der Waals surface area contributed by atoms with Crippen LogP contribution in [0.4, 0.5) is 23.1 Å². The number of hydrogen-bond donors (Lipinski definition) is 2. The van der Waals surface area contributed by atoms with Gasteiger partial charge in [0, 0.05) is 25.0 Å². The van der Waals surface area contributed by atoms with E-state index in [9.17, 15) is 10.1 Å². The van der Waals surface area contributed by atoms with Gasteiger partial charge in [0.05, 0.1) is 4.92 Å². The summed E-state index contributed by atoms with van der Waals surface area (Å²) in [7, 11) is 0. The van der Waals surface area contributed by atoms with Crippen molar-refractivity contribution in [1.29, 1.82) is 0 Å². The number of hydrogen-bond acceptors (Lipinski definition) is 9. The summed E-state index contributed by atoms with van der Waals surface area (Å²) in [4.78, 5) is 22.8. The Kier molecular flexibility index (Phi) is 4.27. The Morgan fingerprint density at radius 2 is 2.17 bits per heavy atom. The molecule has 0 spiro atoms. The molecule has 0 bridgehead atoms. The maximum absolute atomic E-state index is 11.4. The molecule has 0 saturated heterocycles. The number of pyridine rings is 1. The molecule has 10 nitrogen and oxygen atoms in total. The lowest BCUT2D eigenvalue weighted by molar-refractivity contribution is -0.383. The summed E-state index contributed by atoms with van der Waals surface area (Å²) in [6.45, 7) is 2.06. The molecule has 0 aliphatic heterocycles. The molecule has 0 atom stereocenters. The molecular weight excluding hydrogens is 314 g/mol. The van der Waals surface area contributed by atoms with Gasteiger partial charge in [0.15, 0.2) is 5.82 Å². The first kappa shape index (κ1) is 15.3. The molecule has 2 N–H and O–H groups in total. The minimum absolute atomic E-state index is 0.0250. The molecule has 0 amide bonds. The van der Waals surface area contributed by atoms with Gasteiger partial charge < -0.3 is 15.2 Å². The molecule has 0 unspecified atom stereocenters. The maximum Gasteiger partial charge on any atom is 0.353 e. The normalized spacial score (nSPS) is 10.4. The first-order valence-electron chi connectivity index (χ1n) is 6.96. The van der Waals surface area contributed by atoms with Crippen molar-refractivity contribution in [3.05, 3.63) is 58.4 Å². The number of aromatic nitrogens is 4. The highest BCUT2D eigenvalue weighted by atomic mass is 16.6. The van der Waals surface area contributed by atoms with Crippen molar-refractivity contribution in [1.82, 2.24) is 20.1 Å². The van der Waals surface area contributed by atoms with Crippen LogP contribution in [-0.2, 0) is 6.54 Å². The Morgan fingerprint density at radius 3 is 2.83 bits per heavy atom. The van der Waals surface area contributed by atoms with E-state index >= 15 is 0 Å². The van der Waals surface area contributed by atoms with E-state index in [0.29, 0.717) is 18.1 Å². The van der Waals surface area contributed by atoms with Crippen molar-refractivity contribution in [3.8, 4) is 0 Å². The lowest BCUT2D eigenvalue weighted by atomic mass is 10.3. The third-order valence-electron chi connectivity index (χ3n) is 3.06. The van der Waals surface area contributed by atoms with Crippen molar-refractivity contribution in [2.75, 3.05) is 10.6 Å². The summed E-state index contributed by atoms with van der Waals surface area (Å²) in [5.41, 5.74) is 0.592. The fourth-order valence-electron chi connectivity index (χ4n) is 2.01. The Bertz CT molecular complexity index is 851. The van der Waals surface area contributed by atoms with Gasteiger partial charge in [-0.05, 0) is 18.6 Å². The molecule has 24 heavy (non-hydrogen) atoms. The van der Waals surface area contributed by atoms with Crippen molar-refractivity contribution >= 4 is 23.1 Å². The van der Waals surface area contributed by atoms with E-state index in [2.05, 4.69) is 30.7 Å². The number of nitrogens with zero attached hydrogens (tertiary/aromatic N) is 5. The topological polar surface area (TPSA) is 132 Å². The summed E-state index contributed by atoms with van der Waals surface area (Å²) in [5.74, 6) is 1.02. The highest BCUT2D eigenvalue weighted by Crippen LogP contribution is 2.31. The van der Waals surface area contributed by atoms with Crippen LogP contribution >= 0.6 is 0 Å². The van der Waals surface area contributed by atoms with Gasteiger partial charge in [-0.2, -0.15) is 0 Å². The summed E-state index contributed by atoms with van der Waals surface area (Å²) < 4.78 is 4.92. The summed E-state index contributed by atoms with van der Waals surface area (Å²) in [6.07, 6.45) is 4.55. The molecule has 3 aromatic heterocycles. The third-order valence-corrected chi connectivity index (χ3v) is 3.06. The average molecular weight is 327 g/mol. The van der Waals surface area contributed by atoms with Crippen LogP contribution in [0.2, 0.25) is 0 Å². The standard InChI is InChI=1S/C14H13N7O3/c1-9-5-11(20-24-9)19-14-12(21(22)23)13(17-8-18-14)16-7-10-3-2-4-15-6-10/h2-6,8H,7H2,1H3,(H2,16,17,18,19,20). The van der Waals surface area contributed by atoms with Gasteiger partial charge >= 0.3 is 5.69 Å². The quantitative estimate of drug-likeness (QED) is 0.517. The van der Waals surface area contributed by atoms with Crippen LogP contribution in [0, 0.1) is 17.0 Å². The first-order chi connectivity index (χ1) is 11.6. The molecule has 0 aromatic carbocycles. The Morgan fingerprint density at radius 1 is 1.33 bits per heavy atom. The second kappa shape index (κ2) is 6.69. The van der Waals surface area contributed by atoms with Crippen molar-refractivity contribution in [2.24, 2.45) is 0 Å². The van der Waals surface area contributed by atoms with Crippen molar-refractivity contribution < 1.29 is 9.45 Å². The van der Waals surface area contributed by atoms with Gasteiger partial charge in [-0.15, -0.1) is 0 Å². The van der Waals surface area contributed by atoms with E-state index in [1.807, 2.05) is 6.07 Å². The second-order valence-corrected chi connectivity index (χ2v) is 4.84. The minimum atomic E-state index is -0.555. The highest BCUT2D eigenvalue weighted by Gasteiger charge is 2.23. The maximum atomic E-state index is 11.4. The Balaban J connectivity index is 1.86. The Labute approximate surface area is 136 Å². The largest absolute Gasteiger partial charge is 0.360 e. The second-order valence-electron chi connectivity index (χ2n) is 4.84. The van der Waals surface area contributed by atoms with Crippen LogP contribution in [0.3, 0.4) is 0 Å². The number of anilines is 3.